The fourth-order valence-electron chi connectivity index (χ4n) is 2.29. The molecule has 0 unspecified atom stereocenters. The van der Waals surface area contributed by atoms with E-state index in [0.717, 1.165) is 11.8 Å². The van der Waals surface area contributed by atoms with Crippen molar-refractivity contribution in [3.63, 3.8) is 0 Å². The van der Waals surface area contributed by atoms with Crippen molar-refractivity contribution in [1.29, 1.82) is 0 Å². The standard InChI is InChI=1S/C18H18N4O6S/c1-11-8-20-17(21-9-11)22-29(25,26)13-6-4-12(5-7-13)19-10-14-15(23)27-18(2,3)28-16(14)24/h4-10,19H,1-3H3,(H,20,21,22). The van der Waals surface area contributed by atoms with Gasteiger partial charge in [-0.05, 0) is 36.8 Å². The first-order chi connectivity index (χ1) is 13.6. The van der Waals surface area contributed by atoms with Crippen molar-refractivity contribution in [1.82, 2.24) is 9.97 Å². The van der Waals surface area contributed by atoms with E-state index in [1.54, 1.807) is 6.92 Å². The number of nitrogens with one attached hydrogen (secondary N) is 2. The molecule has 1 aromatic carbocycles. The Morgan fingerprint density at radius 3 is 2.10 bits per heavy atom. The monoisotopic (exact) mass is 418 g/mol. The molecule has 1 saturated heterocycles. The largest absolute Gasteiger partial charge is 0.419 e. The highest BCUT2D eigenvalue weighted by molar-refractivity contribution is 7.92. The number of aryl methyl sites for hydroxylation is 1. The molecular formula is C18H18N4O6S. The Labute approximate surface area is 167 Å². The van der Waals surface area contributed by atoms with Crippen LogP contribution in [0.3, 0.4) is 0 Å². The van der Waals surface area contributed by atoms with E-state index in [1.165, 1.54) is 50.5 Å². The molecule has 1 aliphatic rings. The maximum atomic E-state index is 12.4. The van der Waals surface area contributed by atoms with Crippen molar-refractivity contribution in [2.45, 2.75) is 31.5 Å². The number of cyclic esters (lactones) is 2. The lowest BCUT2D eigenvalue weighted by atomic mass is 10.2. The predicted molar refractivity (Wildman–Crippen MR) is 102 cm³/mol. The zero-order valence-corrected chi connectivity index (χ0v) is 16.6. The Hall–Kier alpha value is -3.47. The van der Waals surface area contributed by atoms with Gasteiger partial charge in [-0.1, -0.05) is 0 Å². The lowest BCUT2D eigenvalue weighted by Gasteiger charge is -2.29. The number of anilines is 2. The molecule has 29 heavy (non-hydrogen) atoms. The maximum absolute atomic E-state index is 12.4. The Balaban J connectivity index is 1.71. The molecule has 1 fully saturated rings. The number of ether oxygens (including phenoxy) is 2. The summed E-state index contributed by atoms with van der Waals surface area (Å²) in [6.45, 7) is 4.68. The number of hydrogen-bond acceptors (Lipinski definition) is 9. The molecule has 0 amide bonds. The van der Waals surface area contributed by atoms with Crippen molar-refractivity contribution < 1.29 is 27.5 Å². The van der Waals surface area contributed by atoms with E-state index in [-0.39, 0.29) is 16.4 Å². The number of hydrogen-bond donors (Lipinski definition) is 2. The first-order valence-corrected chi connectivity index (χ1v) is 9.89. The average Bonchev–Trinajstić information content (AvgIpc) is 2.62. The van der Waals surface area contributed by atoms with E-state index in [9.17, 15) is 18.0 Å². The molecular weight excluding hydrogens is 400 g/mol. The van der Waals surface area contributed by atoms with Crippen LogP contribution in [-0.4, -0.2) is 36.1 Å². The van der Waals surface area contributed by atoms with Gasteiger partial charge in [0.05, 0.1) is 4.90 Å². The summed E-state index contributed by atoms with van der Waals surface area (Å²) in [6, 6.07) is 5.62. The topological polar surface area (TPSA) is 137 Å². The minimum absolute atomic E-state index is 0.0156. The van der Waals surface area contributed by atoms with Crippen LogP contribution in [0.15, 0.2) is 53.3 Å². The highest BCUT2D eigenvalue weighted by atomic mass is 32.2. The average molecular weight is 418 g/mol. The van der Waals surface area contributed by atoms with Gasteiger partial charge in [0.1, 0.15) is 0 Å². The van der Waals surface area contributed by atoms with Gasteiger partial charge in [0.15, 0.2) is 5.57 Å². The number of carbonyl (C=O) groups is 2. The molecule has 1 aromatic heterocycles. The third-order valence-corrected chi connectivity index (χ3v) is 5.02. The SMILES string of the molecule is Cc1cnc(NS(=O)(=O)c2ccc(NC=C3C(=O)OC(C)(C)OC3=O)cc2)nc1. The number of benzene rings is 1. The van der Waals surface area contributed by atoms with E-state index in [1.807, 2.05) is 0 Å². The second-order valence-electron chi connectivity index (χ2n) is 6.60. The summed E-state index contributed by atoms with van der Waals surface area (Å²) in [5.41, 5.74) is 0.930. The molecule has 2 heterocycles. The molecule has 0 aliphatic carbocycles. The Morgan fingerprint density at radius 1 is 1.00 bits per heavy atom. The van der Waals surface area contributed by atoms with Crippen molar-refractivity contribution >= 4 is 33.6 Å². The van der Waals surface area contributed by atoms with Gasteiger partial charge in [-0.25, -0.2) is 32.7 Å². The molecule has 2 aromatic rings. The van der Waals surface area contributed by atoms with Crippen LogP contribution >= 0.6 is 0 Å². The molecule has 2 N–H and O–H groups in total. The van der Waals surface area contributed by atoms with Crippen molar-refractivity contribution in [3.05, 3.63) is 54.0 Å². The fourth-order valence-corrected chi connectivity index (χ4v) is 3.25. The van der Waals surface area contributed by atoms with Crippen LogP contribution in [-0.2, 0) is 29.1 Å². The smallest absolute Gasteiger partial charge is 0.350 e. The quantitative estimate of drug-likeness (QED) is 0.422. The molecule has 0 bridgehead atoms. The molecule has 0 spiro atoms. The molecule has 0 atom stereocenters. The van der Waals surface area contributed by atoms with Crippen molar-refractivity contribution in [2.75, 3.05) is 10.0 Å². The third kappa shape index (κ3) is 4.88. The van der Waals surface area contributed by atoms with Gasteiger partial charge in [0.25, 0.3) is 15.8 Å². The van der Waals surface area contributed by atoms with E-state index in [0.29, 0.717) is 5.69 Å². The molecule has 0 radical (unpaired) electrons. The summed E-state index contributed by atoms with van der Waals surface area (Å²) in [6.07, 6.45) is 4.13. The molecule has 3 rings (SSSR count). The maximum Gasteiger partial charge on any atom is 0.350 e. The van der Waals surface area contributed by atoms with Gasteiger partial charge in [-0.15, -0.1) is 0 Å². The zero-order valence-electron chi connectivity index (χ0n) is 15.8. The summed E-state index contributed by atoms with van der Waals surface area (Å²) in [5, 5.41) is 2.73. The summed E-state index contributed by atoms with van der Waals surface area (Å²) < 4.78 is 37.1. The predicted octanol–water partition coefficient (Wildman–Crippen LogP) is 1.72. The van der Waals surface area contributed by atoms with Crippen LogP contribution in [0.25, 0.3) is 0 Å². The number of nitrogens with zero attached hydrogens (tertiary/aromatic N) is 2. The van der Waals surface area contributed by atoms with E-state index in [2.05, 4.69) is 20.0 Å². The second-order valence-corrected chi connectivity index (χ2v) is 8.28. The number of aromatic nitrogens is 2. The number of esters is 2. The lowest BCUT2D eigenvalue weighted by Crippen LogP contribution is -2.42. The summed E-state index contributed by atoms with van der Waals surface area (Å²) in [5.74, 6) is -3.00. The van der Waals surface area contributed by atoms with E-state index in [4.69, 9.17) is 9.47 Å². The zero-order chi connectivity index (χ0) is 21.2. The van der Waals surface area contributed by atoms with Crippen LogP contribution in [0.4, 0.5) is 11.6 Å². The number of carbonyl (C=O) groups excluding carboxylic acids is 2. The normalized spacial score (nSPS) is 15.9. The molecule has 0 saturated carbocycles. The molecule has 10 nitrogen and oxygen atoms in total. The van der Waals surface area contributed by atoms with Gasteiger partial charge in [-0.3, -0.25) is 0 Å². The fraction of sp³-hybridized carbons (Fsp3) is 0.222. The number of rotatable bonds is 5. The van der Waals surface area contributed by atoms with Crippen LogP contribution in [0, 0.1) is 6.92 Å². The molecule has 1 aliphatic heterocycles. The first kappa shape index (κ1) is 20.3. The summed E-state index contributed by atoms with van der Waals surface area (Å²) in [4.78, 5) is 31.6. The van der Waals surface area contributed by atoms with Crippen molar-refractivity contribution in [3.8, 4) is 0 Å². The molecule has 11 heteroatoms. The van der Waals surface area contributed by atoms with Gasteiger partial charge in [-0.2, -0.15) is 0 Å². The van der Waals surface area contributed by atoms with Crippen LogP contribution in [0.2, 0.25) is 0 Å². The highest BCUT2D eigenvalue weighted by Crippen LogP contribution is 2.23. The lowest BCUT2D eigenvalue weighted by molar-refractivity contribution is -0.222. The second kappa shape index (κ2) is 7.51. The number of sulfonamides is 1. The van der Waals surface area contributed by atoms with Crippen LogP contribution in [0.1, 0.15) is 19.4 Å². The van der Waals surface area contributed by atoms with E-state index < -0.39 is 27.7 Å². The third-order valence-electron chi connectivity index (χ3n) is 3.67. The molecule has 152 valence electrons. The van der Waals surface area contributed by atoms with Crippen LogP contribution < -0.4 is 10.0 Å². The summed E-state index contributed by atoms with van der Waals surface area (Å²) in [7, 11) is -3.88. The summed E-state index contributed by atoms with van der Waals surface area (Å²) >= 11 is 0. The van der Waals surface area contributed by atoms with E-state index >= 15 is 0 Å². The van der Waals surface area contributed by atoms with Gasteiger partial charge in [0.2, 0.25) is 5.95 Å². The Morgan fingerprint density at radius 2 is 1.55 bits per heavy atom. The first-order valence-electron chi connectivity index (χ1n) is 8.41. The van der Waals surface area contributed by atoms with Gasteiger partial charge in [0, 0.05) is 38.1 Å². The highest BCUT2D eigenvalue weighted by Gasteiger charge is 2.38. The van der Waals surface area contributed by atoms with Gasteiger partial charge < -0.3 is 14.8 Å². The van der Waals surface area contributed by atoms with Crippen LogP contribution in [0.5, 0.6) is 0 Å². The Bertz CT molecular complexity index is 1050. The van der Waals surface area contributed by atoms with Crippen molar-refractivity contribution in [2.24, 2.45) is 0 Å². The van der Waals surface area contributed by atoms with Gasteiger partial charge >= 0.3 is 11.9 Å². The minimum Gasteiger partial charge on any atom is -0.419 e. The minimum atomic E-state index is -3.88. The Kier molecular flexibility index (Phi) is 5.25.